The number of phenols is 1. The summed E-state index contributed by atoms with van der Waals surface area (Å²) in [6.07, 6.45) is -0.845. The fraction of sp³-hybridized carbons (Fsp3) is 0.320. The molecule has 2 aromatic rings. The highest BCUT2D eigenvalue weighted by molar-refractivity contribution is 5.94. The third-order valence-electron chi connectivity index (χ3n) is 5.39. The second-order valence-electron chi connectivity index (χ2n) is 8.28. The molecular weight excluding hydrogens is 484 g/mol. The lowest BCUT2D eigenvalue weighted by Gasteiger charge is -2.24. The zero-order chi connectivity index (χ0) is 27.4. The zero-order valence-corrected chi connectivity index (χ0v) is 19.9. The van der Waals surface area contributed by atoms with Gasteiger partial charge in [0.1, 0.15) is 23.9 Å². The second-order valence-corrected chi connectivity index (χ2v) is 8.28. The molecule has 12 nitrogen and oxygen atoms in total. The van der Waals surface area contributed by atoms with Crippen molar-refractivity contribution in [1.29, 1.82) is 0 Å². The van der Waals surface area contributed by atoms with Gasteiger partial charge in [-0.25, -0.2) is 4.79 Å². The van der Waals surface area contributed by atoms with Crippen molar-refractivity contribution in [1.82, 2.24) is 16.0 Å². The van der Waals surface area contributed by atoms with Gasteiger partial charge in [-0.05, 0) is 29.7 Å². The molecule has 8 N–H and O–H groups in total. The van der Waals surface area contributed by atoms with Gasteiger partial charge in [-0.2, -0.15) is 0 Å². The van der Waals surface area contributed by atoms with Gasteiger partial charge < -0.3 is 37.0 Å². The molecule has 0 aromatic heterocycles. The number of rotatable bonds is 14. The summed E-state index contributed by atoms with van der Waals surface area (Å²) >= 11 is 0. The number of carboxylic acids is 2. The number of hydrogen-bond acceptors (Lipinski definition) is 7. The highest BCUT2D eigenvalue weighted by Crippen LogP contribution is 2.12. The first-order chi connectivity index (χ1) is 17.6. The van der Waals surface area contributed by atoms with Crippen LogP contribution in [0.15, 0.2) is 54.6 Å². The van der Waals surface area contributed by atoms with E-state index in [0.717, 1.165) is 0 Å². The average Bonchev–Trinajstić information content (AvgIpc) is 2.87. The SMILES string of the molecule is NCC(=O)N[C@@H](Cc1ccccc1)C(=O)N[C@@H](CCC(=O)O)C(=O)N[C@@H](Cc1ccc(O)cc1)C(=O)O. The van der Waals surface area contributed by atoms with Crippen LogP contribution in [0.2, 0.25) is 0 Å². The standard InChI is InChI=1S/C25H30N4O8/c26-14-21(31)27-19(12-15-4-2-1-3-5-15)24(35)28-18(10-11-22(32)33)23(34)29-20(25(36)37)13-16-6-8-17(30)9-7-16/h1-9,18-20,30H,10-14,26H2,(H,27,31)(H,28,35)(H,29,34)(H,32,33)(H,36,37)/t18-,19-,20-/m0/s1. The Kier molecular flexibility index (Phi) is 11.0. The Morgan fingerprint density at radius 2 is 1.27 bits per heavy atom. The summed E-state index contributed by atoms with van der Waals surface area (Å²) in [4.78, 5) is 60.9. The van der Waals surface area contributed by atoms with Crippen LogP contribution in [0, 0.1) is 0 Å². The first kappa shape index (κ1) is 28.8. The van der Waals surface area contributed by atoms with Gasteiger partial charge in [-0.15, -0.1) is 0 Å². The van der Waals surface area contributed by atoms with Crippen LogP contribution in [0.1, 0.15) is 24.0 Å². The summed E-state index contributed by atoms with van der Waals surface area (Å²) in [5.74, 6) is -4.85. The quantitative estimate of drug-likeness (QED) is 0.174. The molecule has 37 heavy (non-hydrogen) atoms. The lowest BCUT2D eigenvalue weighted by atomic mass is 10.0. The van der Waals surface area contributed by atoms with Gasteiger partial charge in [0.15, 0.2) is 0 Å². The van der Waals surface area contributed by atoms with E-state index >= 15 is 0 Å². The molecule has 0 aliphatic heterocycles. The predicted octanol–water partition coefficient (Wildman–Crippen LogP) is -0.460. The predicted molar refractivity (Wildman–Crippen MR) is 131 cm³/mol. The van der Waals surface area contributed by atoms with Gasteiger partial charge in [0, 0.05) is 19.3 Å². The van der Waals surface area contributed by atoms with Crippen molar-refractivity contribution in [2.24, 2.45) is 5.73 Å². The number of amides is 3. The van der Waals surface area contributed by atoms with Crippen molar-refractivity contribution in [2.45, 2.75) is 43.8 Å². The van der Waals surface area contributed by atoms with E-state index in [1.54, 1.807) is 30.3 Å². The molecule has 0 bridgehead atoms. The van der Waals surface area contributed by atoms with Gasteiger partial charge in [0.25, 0.3) is 0 Å². The summed E-state index contributed by atoms with van der Waals surface area (Å²) in [5.41, 5.74) is 6.59. The maximum absolute atomic E-state index is 13.1. The van der Waals surface area contributed by atoms with Crippen molar-refractivity contribution >= 4 is 29.7 Å². The van der Waals surface area contributed by atoms with Gasteiger partial charge in [-0.3, -0.25) is 19.2 Å². The highest BCUT2D eigenvalue weighted by Gasteiger charge is 2.30. The van der Waals surface area contributed by atoms with Crippen molar-refractivity contribution < 1.29 is 39.3 Å². The van der Waals surface area contributed by atoms with E-state index in [2.05, 4.69) is 16.0 Å². The number of nitrogens with two attached hydrogens (primary N) is 1. The van der Waals surface area contributed by atoms with Gasteiger partial charge in [-0.1, -0.05) is 42.5 Å². The Morgan fingerprint density at radius 3 is 1.84 bits per heavy atom. The van der Waals surface area contributed by atoms with Gasteiger partial charge in [0.2, 0.25) is 17.7 Å². The minimum atomic E-state index is -1.39. The van der Waals surface area contributed by atoms with E-state index in [9.17, 15) is 34.2 Å². The number of carbonyl (C=O) groups excluding carboxylic acids is 3. The molecule has 0 spiro atoms. The fourth-order valence-electron chi connectivity index (χ4n) is 3.46. The maximum Gasteiger partial charge on any atom is 0.326 e. The van der Waals surface area contributed by atoms with E-state index in [4.69, 9.17) is 10.8 Å². The van der Waals surface area contributed by atoms with E-state index < -0.39 is 54.2 Å². The number of carboxylic acid groups (broad SMARTS) is 2. The van der Waals surface area contributed by atoms with Gasteiger partial charge >= 0.3 is 11.9 Å². The smallest absolute Gasteiger partial charge is 0.326 e. The lowest BCUT2D eigenvalue weighted by molar-refractivity contribution is -0.143. The molecular formula is C25H30N4O8. The van der Waals surface area contributed by atoms with Crippen LogP contribution in [-0.4, -0.2) is 69.7 Å². The normalized spacial score (nSPS) is 13.0. The fourth-order valence-corrected chi connectivity index (χ4v) is 3.46. The van der Waals surface area contributed by atoms with Crippen molar-refractivity contribution in [3.63, 3.8) is 0 Å². The number of benzene rings is 2. The third-order valence-corrected chi connectivity index (χ3v) is 5.39. The Hall–Kier alpha value is -4.45. The van der Waals surface area contributed by atoms with E-state index in [0.29, 0.717) is 11.1 Å². The maximum atomic E-state index is 13.1. The molecule has 0 fully saturated rings. The van der Waals surface area contributed by atoms with Crippen LogP contribution >= 0.6 is 0 Å². The third kappa shape index (κ3) is 9.98. The molecule has 2 aromatic carbocycles. The Balaban J connectivity index is 2.19. The van der Waals surface area contributed by atoms with Crippen LogP contribution in [-0.2, 0) is 36.8 Å². The second kappa shape index (κ2) is 14.2. The molecule has 0 aliphatic rings. The molecule has 198 valence electrons. The van der Waals surface area contributed by atoms with Crippen LogP contribution in [0.25, 0.3) is 0 Å². The molecule has 3 atom stereocenters. The Bertz CT molecular complexity index is 1090. The molecule has 0 aliphatic carbocycles. The van der Waals surface area contributed by atoms with Crippen LogP contribution < -0.4 is 21.7 Å². The summed E-state index contributed by atoms with van der Waals surface area (Å²) in [6, 6.07) is 10.6. The van der Waals surface area contributed by atoms with E-state index in [-0.39, 0.29) is 31.6 Å². The monoisotopic (exact) mass is 514 g/mol. The number of carbonyl (C=O) groups is 5. The molecule has 0 saturated heterocycles. The minimum absolute atomic E-state index is 0.0112. The highest BCUT2D eigenvalue weighted by atomic mass is 16.4. The summed E-state index contributed by atoms with van der Waals surface area (Å²) < 4.78 is 0. The largest absolute Gasteiger partial charge is 0.508 e. The first-order valence-corrected chi connectivity index (χ1v) is 11.5. The number of phenolic OH excluding ortho intramolecular Hbond substituents is 1. The molecule has 12 heteroatoms. The van der Waals surface area contributed by atoms with Crippen molar-refractivity contribution in [3.8, 4) is 5.75 Å². The first-order valence-electron chi connectivity index (χ1n) is 11.5. The van der Waals surface area contributed by atoms with Crippen LogP contribution in [0.5, 0.6) is 5.75 Å². The van der Waals surface area contributed by atoms with Crippen molar-refractivity contribution in [3.05, 3.63) is 65.7 Å². The van der Waals surface area contributed by atoms with E-state index in [1.807, 2.05) is 0 Å². The van der Waals surface area contributed by atoms with E-state index in [1.165, 1.54) is 24.3 Å². The molecule has 0 saturated carbocycles. The molecule has 3 amide bonds. The Labute approximate surface area is 212 Å². The zero-order valence-electron chi connectivity index (χ0n) is 19.9. The minimum Gasteiger partial charge on any atom is -0.508 e. The van der Waals surface area contributed by atoms with Crippen LogP contribution in [0.3, 0.4) is 0 Å². The van der Waals surface area contributed by atoms with Gasteiger partial charge in [0.05, 0.1) is 6.54 Å². The number of nitrogens with one attached hydrogen (secondary N) is 3. The summed E-state index contributed by atoms with van der Waals surface area (Å²) in [5, 5.41) is 35.3. The average molecular weight is 515 g/mol. The lowest BCUT2D eigenvalue weighted by Crippen LogP contribution is -2.57. The number of aromatic hydroxyl groups is 1. The summed E-state index contributed by atoms with van der Waals surface area (Å²) in [7, 11) is 0. The molecule has 0 heterocycles. The summed E-state index contributed by atoms with van der Waals surface area (Å²) in [6.45, 7) is -0.376. The molecule has 0 unspecified atom stereocenters. The molecule has 2 rings (SSSR count). The van der Waals surface area contributed by atoms with Crippen molar-refractivity contribution in [2.75, 3.05) is 6.54 Å². The van der Waals surface area contributed by atoms with Crippen LogP contribution in [0.4, 0.5) is 0 Å². The topological polar surface area (TPSA) is 208 Å². The number of hydrogen-bond donors (Lipinski definition) is 7. The Morgan fingerprint density at radius 1 is 0.730 bits per heavy atom. The number of aliphatic carboxylic acids is 2. The molecule has 0 radical (unpaired) electrons.